The first-order valence-electron chi connectivity index (χ1n) is 13.2. The Balaban J connectivity index is 1.31. The van der Waals surface area contributed by atoms with Crippen LogP contribution < -0.4 is 0 Å². The van der Waals surface area contributed by atoms with E-state index in [0.717, 1.165) is 43.9 Å². The third kappa shape index (κ3) is 3.54. The fourth-order valence-corrected chi connectivity index (χ4v) is 9.08. The molecule has 3 heteroatoms. The van der Waals surface area contributed by atoms with Crippen molar-refractivity contribution in [1.29, 1.82) is 0 Å². The lowest BCUT2D eigenvalue weighted by atomic mass is 9.44. The van der Waals surface area contributed by atoms with Gasteiger partial charge in [0.25, 0.3) is 0 Å². The van der Waals surface area contributed by atoms with Crippen molar-refractivity contribution < 1.29 is 14.6 Å². The van der Waals surface area contributed by atoms with E-state index in [1.54, 1.807) is 6.92 Å². The number of aliphatic hydroxyl groups is 1. The highest BCUT2D eigenvalue weighted by atomic mass is 16.5. The van der Waals surface area contributed by atoms with Crippen LogP contribution in [0.25, 0.3) is 0 Å². The highest BCUT2D eigenvalue weighted by Gasteiger charge is 2.64. The molecule has 4 saturated carbocycles. The fraction of sp³-hybridized carbons (Fsp3) is 0.759. The maximum Gasteiger partial charge on any atom is 0.302 e. The number of rotatable bonds is 4. The van der Waals surface area contributed by atoms with Crippen LogP contribution in [-0.2, 0) is 16.0 Å². The number of carbonyl (C=O) groups excluding carboxylic acids is 1. The van der Waals surface area contributed by atoms with Crippen molar-refractivity contribution >= 4 is 5.97 Å². The summed E-state index contributed by atoms with van der Waals surface area (Å²) in [5.74, 6) is 2.75. The molecular formula is C29H42O3. The Morgan fingerprint density at radius 3 is 2.50 bits per heavy atom. The lowest BCUT2D eigenvalue weighted by Crippen LogP contribution is -2.57. The molecule has 1 aromatic rings. The highest BCUT2D eigenvalue weighted by Crippen LogP contribution is 2.68. The van der Waals surface area contributed by atoms with Crippen LogP contribution in [0.1, 0.15) is 90.5 Å². The quantitative estimate of drug-likeness (QED) is 0.559. The number of hydrogen-bond donors (Lipinski definition) is 1. The number of hydrogen-bond acceptors (Lipinski definition) is 3. The topological polar surface area (TPSA) is 46.5 Å². The lowest BCUT2D eigenvalue weighted by molar-refractivity contribution is -0.170. The number of fused-ring (bicyclic) bond motifs is 5. The fourth-order valence-electron chi connectivity index (χ4n) is 9.08. The SMILES string of the molecule is CC(=O)O[C@H]1CC[C@@]2(C)[C@H](CC[C@H]3[C@H]4CC[C@](O)(CCc5ccccc5)[C@]4(C)CC[C@@H]32)C1. The average Bonchev–Trinajstić information content (AvgIpc) is 3.04. The molecule has 32 heavy (non-hydrogen) atoms. The van der Waals surface area contributed by atoms with Crippen LogP contribution >= 0.6 is 0 Å². The van der Waals surface area contributed by atoms with Crippen LogP contribution in [0.5, 0.6) is 0 Å². The van der Waals surface area contributed by atoms with Gasteiger partial charge < -0.3 is 9.84 Å². The Morgan fingerprint density at radius 2 is 1.75 bits per heavy atom. The van der Waals surface area contributed by atoms with Gasteiger partial charge in [-0.25, -0.2) is 0 Å². The molecule has 4 fully saturated rings. The van der Waals surface area contributed by atoms with E-state index in [4.69, 9.17) is 4.74 Å². The molecule has 176 valence electrons. The van der Waals surface area contributed by atoms with Crippen molar-refractivity contribution in [3.05, 3.63) is 35.9 Å². The van der Waals surface area contributed by atoms with Gasteiger partial charge in [-0.1, -0.05) is 44.2 Å². The van der Waals surface area contributed by atoms with Gasteiger partial charge in [0, 0.05) is 6.92 Å². The number of esters is 1. The molecule has 0 aromatic heterocycles. The molecule has 0 radical (unpaired) electrons. The molecule has 1 aromatic carbocycles. The maximum absolute atomic E-state index is 12.0. The van der Waals surface area contributed by atoms with Crippen molar-refractivity contribution in [2.75, 3.05) is 0 Å². The molecule has 8 atom stereocenters. The van der Waals surface area contributed by atoms with Crippen molar-refractivity contribution in [3.63, 3.8) is 0 Å². The molecule has 0 amide bonds. The second-order valence-corrected chi connectivity index (χ2v) is 12.2. The van der Waals surface area contributed by atoms with Crippen LogP contribution in [0, 0.1) is 34.5 Å². The van der Waals surface area contributed by atoms with E-state index >= 15 is 0 Å². The van der Waals surface area contributed by atoms with Crippen molar-refractivity contribution in [3.8, 4) is 0 Å². The van der Waals surface area contributed by atoms with E-state index in [2.05, 4.69) is 44.2 Å². The molecule has 0 unspecified atom stereocenters. The minimum absolute atomic E-state index is 0.0566. The van der Waals surface area contributed by atoms with Gasteiger partial charge in [-0.2, -0.15) is 0 Å². The Bertz CT molecular complexity index is 836. The van der Waals surface area contributed by atoms with Crippen LogP contribution in [0.4, 0.5) is 0 Å². The summed E-state index contributed by atoms with van der Waals surface area (Å²) in [5, 5.41) is 12.0. The zero-order chi connectivity index (χ0) is 22.6. The highest BCUT2D eigenvalue weighted by molar-refractivity contribution is 5.66. The molecule has 3 nitrogen and oxygen atoms in total. The van der Waals surface area contributed by atoms with Crippen molar-refractivity contribution in [2.24, 2.45) is 34.5 Å². The summed E-state index contributed by atoms with van der Waals surface area (Å²) in [6.45, 7) is 6.53. The van der Waals surface area contributed by atoms with Gasteiger partial charge in [0.2, 0.25) is 0 Å². The number of aryl methyl sites for hydroxylation is 1. The second-order valence-electron chi connectivity index (χ2n) is 12.2. The smallest absolute Gasteiger partial charge is 0.302 e. The summed E-state index contributed by atoms with van der Waals surface area (Å²) in [5.41, 5.74) is 1.26. The third-order valence-electron chi connectivity index (χ3n) is 10.9. The molecule has 0 spiro atoms. The van der Waals surface area contributed by atoms with Gasteiger partial charge >= 0.3 is 5.97 Å². The minimum Gasteiger partial charge on any atom is -0.463 e. The Morgan fingerprint density at radius 1 is 1.00 bits per heavy atom. The number of ether oxygens (including phenoxy) is 1. The molecule has 0 saturated heterocycles. The molecule has 0 aliphatic heterocycles. The van der Waals surface area contributed by atoms with E-state index in [0.29, 0.717) is 17.3 Å². The van der Waals surface area contributed by atoms with Gasteiger partial charge in [-0.15, -0.1) is 0 Å². The van der Waals surface area contributed by atoms with Gasteiger partial charge in [-0.3, -0.25) is 4.79 Å². The third-order valence-corrected chi connectivity index (χ3v) is 10.9. The zero-order valence-electron chi connectivity index (χ0n) is 20.3. The summed E-state index contributed by atoms with van der Waals surface area (Å²) < 4.78 is 5.63. The molecule has 4 aliphatic rings. The first kappa shape index (κ1) is 22.4. The standard InChI is InChI=1S/C29H42O3/c1-20(30)32-23-12-15-27(2)22(19-23)9-10-24-25(27)13-16-28(3)26(24)14-18-29(28,31)17-11-21-7-5-4-6-8-21/h4-8,22-26,31H,9-19H2,1-3H3/t22-,23+,24-,25+,26-,27+,28-,29-/m1/s1. The first-order chi connectivity index (χ1) is 15.3. The normalized spacial score (nSPS) is 45.4. The lowest BCUT2D eigenvalue weighted by Gasteiger charge is -2.61. The molecular weight excluding hydrogens is 396 g/mol. The molecule has 1 N–H and O–H groups in total. The van der Waals surface area contributed by atoms with E-state index in [-0.39, 0.29) is 17.5 Å². The van der Waals surface area contributed by atoms with Gasteiger partial charge in [0.15, 0.2) is 0 Å². The zero-order valence-corrected chi connectivity index (χ0v) is 20.3. The average molecular weight is 439 g/mol. The Hall–Kier alpha value is -1.35. The molecule has 5 rings (SSSR count). The number of benzene rings is 1. The van der Waals surface area contributed by atoms with E-state index in [9.17, 15) is 9.90 Å². The van der Waals surface area contributed by atoms with E-state index < -0.39 is 5.60 Å². The maximum atomic E-state index is 12.0. The van der Waals surface area contributed by atoms with E-state index in [1.165, 1.54) is 44.1 Å². The predicted octanol–water partition coefficient (Wildman–Crippen LogP) is 6.32. The Kier molecular flexibility index (Phi) is 5.72. The van der Waals surface area contributed by atoms with Crippen molar-refractivity contribution in [1.82, 2.24) is 0 Å². The predicted molar refractivity (Wildman–Crippen MR) is 127 cm³/mol. The summed E-state index contributed by atoms with van der Waals surface area (Å²) >= 11 is 0. The molecule has 0 bridgehead atoms. The second kappa shape index (κ2) is 8.15. The van der Waals surface area contributed by atoms with Crippen LogP contribution in [0.2, 0.25) is 0 Å². The summed E-state index contributed by atoms with van der Waals surface area (Å²) in [4.78, 5) is 11.5. The van der Waals surface area contributed by atoms with Gasteiger partial charge in [0.05, 0.1) is 5.60 Å². The molecule has 0 heterocycles. The molecule has 4 aliphatic carbocycles. The summed E-state index contributed by atoms with van der Waals surface area (Å²) in [6.07, 6.45) is 12.4. The van der Waals surface area contributed by atoms with E-state index in [1.807, 2.05) is 0 Å². The van der Waals surface area contributed by atoms with Crippen molar-refractivity contribution in [2.45, 2.75) is 103 Å². The minimum atomic E-state index is -0.525. The Labute approximate surface area is 194 Å². The number of carbonyl (C=O) groups is 1. The van der Waals surface area contributed by atoms with Gasteiger partial charge in [0.1, 0.15) is 6.10 Å². The largest absolute Gasteiger partial charge is 0.463 e. The first-order valence-corrected chi connectivity index (χ1v) is 13.2. The summed E-state index contributed by atoms with van der Waals surface area (Å²) in [7, 11) is 0. The van der Waals surface area contributed by atoms with Crippen LogP contribution in [0.15, 0.2) is 30.3 Å². The van der Waals surface area contributed by atoms with Gasteiger partial charge in [-0.05, 0) is 111 Å². The monoisotopic (exact) mass is 438 g/mol. The van der Waals surface area contributed by atoms with Crippen LogP contribution in [0.3, 0.4) is 0 Å². The summed E-state index contributed by atoms with van der Waals surface area (Å²) in [6, 6.07) is 10.7. The van der Waals surface area contributed by atoms with Crippen LogP contribution in [-0.4, -0.2) is 22.8 Å².